The highest BCUT2D eigenvalue weighted by atomic mass is 16.2. The van der Waals surface area contributed by atoms with E-state index in [1.807, 2.05) is 27.7 Å². The van der Waals surface area contributed by atoms with Crippen molar-refractivity contribution in [2.45, 2.75) is 78.8 Å². The van der Waals surface area contributed by atoms with Gasteiger partial charge in [-0.15, -0.1) is 0 Å². The average molecular weight is 296 g/mol. The highest BCUT2D eigenvalue weighted by Gasteiger charge is 2.29. The van der Waals surface area contributed by atoms with Crippen molar-refractivity contribution >= 4 is 11.8 Å². The number of amides is 2. The maximum Gasteiger partial charge on any atom is 0.243 e. The molecule has 2 N–H and O–H groups in total. The molecule has 0 aromatic rings. The van der Waals surface area contributed by atoms with E-state index in [1.54, 1.807) is 0 Å². The lowest BCUT2D eigenvalue weighted by atomic mass is 9.85. The van der Waals surface area contributed by atoms with Gasteiger partial charge in [-0.25, -0.2) is 0 Å². The van der Waals surface area contributed by atoms with Crippen molar-refractivity contribution in [3.05, 3.63) is 0 Å². The van der Waals surface area contributed by atoms with Crippen LogP contribution in [0.15, 0.2) is 0 Å². The SMILES string of the molecule is CC(C)CC(=O)NC(C(=O)NC1CCCCC1C)C(C)C. The third kappa shape index (κ3) is 6.06. The maximum atomic E-state index is 12.5. The van der Waals surface area contributed by atoms with Crippen LogP contribution in [0.25, 0.3) is 0 Å². The molecule has 0 saturated heterocycles. The Bertz CT molecular complexity index is 353. The lowest BCUT2D eigenvalue weighted by Crippen LogP contribution is -2.53. The highest BCUT2D eigenvalue weighted by Crippen LogP contribution is 2.24. The van der Waals surface area contributed by atoms with Gasteiger partial charge in [0.25, 0.3) is 0 Å². The summed E-state index contributed by atoms with van der Waals surface area (Å²) in [6, 6.07) is -0.167. The molecule has 122 valence electrons. The molecule has 3 unspecified atom stereocenters. The van der Waals surface area contributed by atoms with Crippen molar-refractivity contribution in [3.8, 4) is 0 Å². The molecule has 0 radical (unpaired) electrons. The minimum absolute atomic E-state index is 0.0270. The Balaban J connectivity index is 2.58. The van der Waals surface area contributed by atoms with Crippen molar-refractivity contribution in [2.24, 2.45) is 17.8 Å². The second-order valence-corrected chi connectivity index (χ2v) is 7.26. The molecule has 21 heavy (non-hydrogen) atoms. The van der Waals surface area contributed by atoms with Gasteiger partial charge in [0.2, 0.25) is 11.8 Å². The number of hydrogen-bond acceptors (Lipinski definition) is 2. The molecule has 4 nitrogen and oxygen atoms in total. The van der Waals surface area contributed by atoms with E-state index >= 15 is 0 Å². The predicted molar refractivity (Wildman–Crippen MR) is 85.8 cm³/mol. The first-order valence-electron chi connectivity index (χ1n) is 8.41. The first-order valence-corrected chi connectivity index (χ1v) is 8.41. The van der Waals surface area contributed by atoms with Gasteiger partial charge in [-0.3, -0.25) is 9.59 Å². The second-order valence-electron chi connectivity index (χ2n) is 7.26. The van der Waals surface area contributed by atoms with Gasteiger partial charge in [-0.05, 0) is 30.6 Å². The van der Waals surface area contributed by atoms with Crippen molar-refractivity contribution in [1.82, 2.24) is 10.6 Å². The standard InChI is InChI=1S/C17H32N2O2/c1-11(2)10-15(20)19-16(12(3)4)17(21)18-14-9-7-6-8-13(14)5/h11-14,16H,6-10H2,1-5H3,(H,18,21)(H,19,20). The summed E-state index contributed by atoms with van der Waals surface area (Å²) in [5, 5.41) is 6.06. The second kappa shape index (κ2) is 8.40. The lowest BCUT2D eigenvalue weighted by molar-refractivity contribution is -0.131. The van der Waals surface area contributed by atoms with E-state index < -0.39 is 6.04 Å². The molecule has 4 heteroatoms. The van der Waals surface area contributed by atoms with Gasteiger partial charge >= 0.3 is 0 Å². The van der Waals surface area contributed by atoms with E-state index in [0.717, 1.165) is 6.42 Å². The van der Waals surface area contributed by atoms with Gasteiger partial charge in [0, 0.05) is 12.5 Å². The van der Waals surface area contributed by atoms with Crippen molar-refractivity contribution in [3.63, 3.8) is 0 Å². The first-order chi connectivity index (χ1) is 9.81. The van der Waals surface area contributed by atoms with Gasteiger partial charge in [-0.1, -0.05) is 47.5 Å². The van der Waals surface area contributed by atoms with E-state index in [2.05, 4.69) is 17.6 Å². The number of rotatable bonds is 6. The van der Waals surface area contributed by atoms with E-state index in [4.69, 9.17) is 0 Å². The molecule has 0 aromatic carbocycles. The van der Waals surface area contributed by atoms with Gasteiger partial charge in [0.15, 0.2) is 0 Å². The minimum atomic E-state index is -0.426. The summed E-state index contributed by atoms with van der Waals surface area (Å²) in [6.45, 7) is 10.2. The molecule has 1 rings (SSSR count). The number of hydrogen-bond donors (Lipinski definition) is 2. The van der Waals surface area contributed by atoms with Crippen molar-refractivity contribution < 1.29 is 9.59 Å². The van der Waals surface area contributed by atoms with Crippen LogP contribution in [0.4, 0.5) is 0 Å². The maximum absolute atomic E-state index is 12.5. The molecule has 1 saturated carbocycles. The summed E-state index contributed by atoms with van der Waals surface area (Å²) in [5.74, 6) is 0.873. The molecular formula is C17H32N2O2. The highest BCUT2D eigenvalue weighted by molar-refractivity contribution is 5.88. The topological polar surface area (TPSA) is 58.2 Å². The van der Waals surface area contributed by atoms with E-state index in [9.17, 15) is 9.59 Å². The molecule has 0 aliphatic heterocycles. The van der Waals surface area contributed by atoms with Crippen LogP contribution in [0.2, 0.25) is 0 Å². The summed E-state index contributed by atoms with van der Waals surface area (Å²) in [4.78, 5) is 24.4. The fourth-order valence-electron chi connectivity index (χ4n) is 2.94. The third-order valence-corrected chi connectivity index (χ3v) is 4.30. The van der Waals surface area contributed by atoms with Crippen molar-refractivity contribution in [2.75, 3.05) is 0 Å². The van der Waals surface area contributed by atoms with Crippen LogP contribution in [0.3, 0.4) is 0 Å². The molecule has 0 aromatic heterocycles. The molecule has 1 fully saturated rings. The Labute approximate surface area is 129 Å². The Morgan fingerprint density at radius 1 is 1.10 bits per heavy atom. The molecule has 0 bridgehead atoms. The Morgan fingerprint density at radius 2 is 1.71 bits per heavy atom. The zero-order chi connectivity index (χ0) is 16.0. The smallest absolute Gasteiger partial charge is 0.243 e. The van der Waals surface area contributed by atoms with Gasteiger partial charge in [0.05, 0.1) is 0 Å². The average Bonchev–Trinajstić information content (AvgIpc) is 2.37. The zero-order valence-corrected chi connectivity index (χ0v) is 14.2. The van der Waals surface area contributed by atoms with Gasteiger partial charge in [0.1, 0.15) is 6.04 Å². The lowest BCUT2D eigenvalue weighted by Gasteiger charge is -2.32. The fraction of sp³-hybridized carbons (Fsp3) is 0.882. The molecule has 1 aliphatic carbocycles. The zero-order valence-electron chi connectivity index (χ0n) is 14.2. The monoisotopic (exact) mass is 296 g/mol. The largest absolute Gasteiger partial charge is 0.351 e. The number of carbonyl (C=O) groups is 2. The summed E-state index contributed by atoms with van der Waals surface area (Å²) in [7, 11) is 0. The molecule has 1 aliphatic rings. The van der Waals surface area contributed by atoms with Crippen molar-refractivity contribution in [1.29, 1.82) is 0 Å². The third-order valence-electron chi connectivity index (χ3n) is 4.30. The number of nitrogens with one attached hydrogen (secondary N) is 2. The molecule has 0 spiro atoms. The van der Waals surface area contributed by atoms with E-state index in [-0.39, 0.29) is 23.8 Å². The van der Waals surface area contributed by atoms with Crippen LogP contribution >= 0.6 is 0 Å². The molecule has 3 atom stereocenters. The summed E-state index contributed by atoms with van der Waals surface area (Å²) < 4.78 is 0. The Morgan fingerprint density at radius 3 is 2.24 bits per heavy atom. The summed E-state index contributed by atoms with van der Waals surface area (Å²) >= 11 is 0. The molecular weight excluding hydrogens is 264 g/mol. The molecule has 2 amide bonds. The first kappa shape index (κ1) is 18.0. The molecule has 0 heterocycles. The van der Waals surface area contributed by atoms with Crippen LogP contribution in [0, 0.1) is 17.8 Å². The van der Waals surface area contributed by atoms with Crippen LogP contribution in [0.5, 0.6) is 0 Å². The fourth-order valence-corrected chi connectivity index (χ4v) is 2.94. The van der Waals surface area contributed by atoms with Crippen LogP contribution in [0.1, 0.15) is 66.7 Å². The predicted octanol–water partition coefficient (Wildman–Crippen LogP) is 2.87. The van der Waals surface area contributed by atoms with Gasteiger partial charge < -0.3 is 10.6 Å². The minimum Gasteiger partial charge on any atom is -0.351 e. The van der Waals surface area contributed by atoms with Crippen LogP contribution < -0.4 is 10.6 Å². The van der Waals surface area contributed by atoms with Crippen LogP contribution in [-0.2, 0) is 9.59 Å². The summed E-state index contributed by atoms with van der Waals surface area (Å²) in [6.07, 6.45) is 5.14. The summed E-state index contributed by atoms with van der Waals surface area (Å²) in [5.41, 5.74) is 0. The van der Waals surface area contributed by atoms with E-state index in [1.165, 1.54) is 19.3 Å². The van der Waals surface area contributed by atoms with Gasteiger partial charge in [-0.2, -0.15) is 0 Å². The Hall–Kier alpha value is -1.06. The quantitative estimate of drug-likeness (QED) is 0.792. The van der Waals surface area contributed by atoms with E-state index in [0.29, 0.717) is 18.3 Å². The van der Waals surface area contributed by atoms with Crippen LogP contribution in [-0.4, -0.2) is 23.9 Å². The Kier molecular flexibility index (Phi) is 7.20. The number of carbonyl (C=O) groups excluding carboxylic acids is 2. The normalized spacial score (nSPS) is 24.0.